The van der Waals surface area contributed by atoms with Gasteiger partial charge in [-0.25, -0.2) is 18.7 Å². The number of alkyl halides is 2. The summed E-state index contributed by atoms with van der Waals surface area (Å²) in [6.45, 7) is 0.242. The zero-order chi connectivity index (χ0) is 15.4. The van der Waals surface area contributed by atoms with Crippen LogP contribution in [0.25, 0.3) is 11.0 Å². The third kappa shape index (κ3) is 1.60. The van der Waals surface area contributed by atoms with Crippen molar-refractivity contribution in [2.24, 2.45) is 0 Å². The van der Waals surface area contributed by atoms with Crippen molar-refractivity contribution in [3.8, 4) is 0 Å². The van der Waals surface area contributed by atoms with Crippen LogP contribution in [0.2, 0.25) is 0 Å². The van der Waals surface area contributed by atoms with Crippen molar-refractivity contribution in [3.63, 3.8) is 0 Å². The fraction of sp³-hybridized carbons (Fsp3) is 0.500. The molecule has 0 saturated carbocycles. The van der Waals surface area contributed by atoms with Crippen LogP contribution in [0.1, 0.15) is 12.8 Å². The van der Waals surface area contributed by atoms with E-state index in [9.17, 15) is 13.6 Å². The summed E-state index contributed by atoms with van der Waals surface area (Å²) in [7, 11) is 0. The van der Waals surface area contributed by atoms with Crippen LogP contribution in [-0.4, -0.2) is 57.4 Å². The average Bonchev–Trinajstić information content (AvgIpc) is 3.01. The van der Waals surface area contributed by atoms with Gasteiger partial charge in [0.2, 0.25) is 6.41 Å². The second kappa shape index (κ2) is 4.37. The highest BCUT2D eigenvalue weighted by Crippen LogP contribution is 2.49. The molecule has 6 nitrogen and oxygen atoms in total. The molecule has 4 heterocycles. The van der Waals surface area contributed by atoms with Gasteiger partial charge in [0.25, 0.3) is 5.92 Å². The molecule has 4 rings (SSSR count). The van der Waals surface area contributed by atoms with Crippen LogP contribution in [0, 0.1) is 0 Å². The highest BCUT2D eigenvalue weighted by molar-refractivity contribution is 5.87. The Morgan fingerprint density at radius 3 is 2.95 bits per heavy atom. The van der Waals surface area contributed by atoms with Gasteiger partial charge in [-0.3, -0.25) is 4.79 Å². The Morgan fingerprint density at radius 2 is 2.18 bits per heavy atom. The van der Waals surface area contributed by atoms with E-state index in [0.29, 0.717) is 37.3 Å². The quantitative estimate of drug-likeness (QED) is 0.852. The third-order valence-electron chi connectivity index (χ3n) is 4.83. The standard InChI is InChI=1S/C14H15F2N5O/c15-14(16)7-21(9-22)13(14)3-1-5-20(6-13)12-10-2-4-17-11(10)18-8-19-12/h2,4,8-9H,1,3,5-7H2,(H,17,18,19). The number of nitrogens with zero attached hydrogens (tertiary/aromatic N) is 4. The van der Waals surface area contributed by atoms with Gasteiger partial charge < -0.3 is 14.8 Å². The molecule has 116 valence electrons. The molecular weight excluding hydrogens is 292 g/mol. The largest absolute Gasteiger partial charge is 0.353 e. The summed E-state index contributed by atoms with van der Waals surface area (Å²) in [5.41, 5.74) is -0.724. The lowest BCUT2D eigenvalue weighted by Crippen LogP contribution is -2.79. The van der Waals surface area contributed by atoms with Crippen molar-refractivity contribution < 1.29 is 13.6 Å². The van der Waals surface area contributed by atoms with Crippen LogP contribution < -0.4 is 4.90 Å². The number of aromatic nitrogens is 3. The van der Waals surface area contributed by atoms with Gasteiger partial charge in [-0.15, -0.1) is 0 Å². The van der Waals surface area contributed by atoms with Crippen molar-refractivity contribution in [2.75, 3.05) is 24.5 Å². The Morgan fingerprint density at radius 1 is 1.32 bits per heavy atom. The molecule has 1 atom stereocenters. The Kier molecular flexibility index (Phi) is 2.67. The normalized spacial score (nSPS) is 27.2. The van der Waals surface area contributed by atoms with E-state index >= 15 is 0 Å². The fourth-order valence-electron chi connectivity index (χ4n) is 3.63. The molecule has 8 heteroatoms. The third-order valence-corrected chi connectivity index (χ3v) is 4.83. The number of likely N-dealkylation sites (tertiary alicyclic amines) is 1. The van der Waals surface area contributed by atoms with Gasteiger partial charge in [-0.05, 0) is 18.9 Å². The van der Waals surface area contributed by atoms with E-state index in [1.807, 2.05) is 11.0 Å². The summed E-state index contributed by atoms with van der Waals surface area (Å²) in [5, 5.41) is 0.805. The summed E-state index contributed by atoms with van der Waals surface area (Å²) in [5.74, 6) is -2.21. The number of halogens is 2. The van der Waals surface area contributed by atoms with Gasteiger partial charge in [-0.2, -0.15) is 0 Å². The summed E-state index contributed by atoms with van der Waals surface area (Å²) in [6.07, 6.45) is 4.61. The SMILES string of the molecule is O=CN1CC(F)(F)C12CCCN(c1ncnc3[nH]ccc13)C2. The number of hydrogen-bond acceptors (Lipinski definition) is 4. The van der Waals surface area contributed by atoms with Crippen LogP contribution in [0.4, 0.5) is 14.6 Å². The van der Waals surface area contributed by atoms with Crippen molar-refractivity contribution in [1.29, 1.82) is 0 Å². The number of nitrogens with one attached hydrogen (secondary N) is 1. The number of carbonyl (C=O) groups is 1. The highest BCUT2D eigenvalue weighted by Gasteiger charge is 2.68. The second-order valence-corrected chi connectivity index (χ2v) is 5.93. The predicted molar refractivity (Wildman–Crippen MR) is 75.8 cm³/mol. The molecule has 2 aromatic heterocycles. The first-order valence-electron chi connectivity index (χ1n) is 7.20. The van der Waals surface area contributed by atoms with Crippen LogP contribution in [0.5, 0.6) is 0 Å². The van der Waals surface area contributed by atoms with E-state index in [4.69, 9.17) is 0 Å². The molecule has 22 heavy (non-hydrogen) atoms. The van der Waals surface area contributed by atoms with Gasteiger partial charge in [0.1, 0.15) is 23.3 Å². The smallest absolute Gasteiger partial charge is 0.289 e. The molecule has 2 saturated heterocycles. The van der Waals surface area contributed by atoms with Crippen molar-refractivity contribution >= 4 is 23.3 Å². The number of fused-ring (bicyclic) bond motifs is 1. The molecule has 2 aromatic rings. The molecule has 0 radical (unpaired) electrons. The number of carbonyl (C=O) groups excluding carboxylic acids is 1. The zero-order valence-electron chi connectivity index (χ0n) is 11.8. The molecule has 0 aromatic carbocycles. The Balaban J connectivity index is 1.72. The Hall–Kier alpha value is -2.25. The average molecular weight is 307 g/mol. The molecule has 1 unspecified atom stereocenters. The monoisotopic (exact) mass is 307 g/mol. The van der Waals surface area contributed by atoms with Gasteiger partial charge in [-0.1, -0.05) is 0 Å². The van der Waals surface area contributed by atoms with Gasteiger partial charge >= 0.3 is 0 Å². The maximum Gasteiger partial charge on any atom is 0.289 e. The Labute approximate surface area is 125 Å². The van der Waals surface area contributed by atoms with E-state index in [1.54, 1.807) is 6.20 Å². The molecule has 2 fully saturated rings. The van der Waals surface area contributed by atoms with Gasteiger partial charge in [0.05, 0.1) is 11.9 Å². The lowest BCUT2D eigenvalue weighted by atomic mass is 9.74. The number of hydrogen-bond donors (Lipinski definition) is 1. The maximum atomic E-state index is 14.2. The van der Waals surface area contributed by atoms with Crippen molar-refractivity contribution in [3.05, 3.63) is 18.6 Å². The van der Waals surface area contributed by atoms with E-state index in [2.05, 4.69) is 15.0 Å². The van der Waals surface area contributed by atoms with Crippen LogP contribution in [0.3, 0.4) is 0 Å². The van der Waals surface area contributed by atoms with Crippen molar-refractivity contribution in [1.82, 2.24) is 19.9 Å². The van der Waals surface area contributed by atoms with Crippen LogP contribution >= 0.6 is 0 Å². The Bertz CT molecular complexity index is 733. The number of anilines is 1. The number of aromatic amines is 1. The molecular formula is C14H15F2N5O. The minimum absolute atomic E-state index is 0.0933. The fourth-order valence-corrected chi connectivity index (χ4v) is 3.63. The molecule has 0 aliphatic carbocycles. The molecule has 2 aliphatic heterocycles. The lowest BCUT2D eigenvalue weighted by molar-refractivity contribution is -0.236. The lowest BCUT2D eigenvalue weighted by Gasteiger charge is -2.59. The topological polar surface area (TPSA) is 65.1 Å². The van der Waals surface area contributed by atoms with E-state index < -0.39 is 18.0 Å². The number of amides is 1. The predicted octanol–water partition coefficient (Wildman–Crippen LogP) is 1.40. The van der Waals surface area contributed by atoms with Crippen LogP contribution in [0.15, 0.2) is 18.6 Å². The van der Waals surface area contributed by atoms with Gasteiger partial charge in [0.15, 0.2) is 0 Å². The summed E-state index contributed by atoms with van der Waals surface area (Å²) < 4.78 is 28.4. The first-order chi connectivity index (χ1) is 10.6. The molecule has 2 aliphatic rings. The first-order valence-corrected chi connectivity index (χ1v) is 7.20. The minimum atomic E-state index is -2.85. The number of H-pyrrole nitrogens is 1. The number of piperidine rings is 1. The second-order valence-electron chi connectivity index (χ2n) is 5.93. The van der Waals surface area contributed by atoms with Crippen LogP contribution in [-0.2, 0) is 4.79 Å². The van der Waals surface area contributed by atoms with E-state index in [-0.39, 0.29) is 6.54 Å². The molecule has 1 N–H and O–H groups in total. The van der Waals surface area contributed by atoms with E-state index in [0.717, 1.165) is 5.39 Å². The molecule has 0 bridgehead atoms. The number of rotatable bonds is 2. The van der Waals surface area contributed by atoms with E-state index in [1.165, 1.54) is 11.2 Å². The van der Waals surface area contributed by atoms with Crippen molar-refractivity contribution in [2.45, 2.75) is 24.3 Å². The summed E-state index contributed by atoms with van der Waals surface area (Å²) in [6, 6.07) is 1.84. The maximum absolute atomic E-state index is 14.2. The minimum Gasteiger partial charge on any atom is -0.353 e. The first kappa shape index (κ1) is 13.4. The highest BCUT2D eigenvalue weighted by atomic mass is 19.3. The molecule has 1 amide bonds. The zero-order valence-corrected chi connectivity index (χ0v) is 11.8. The summed E-state index contributed by atoms with van der Waals surface area (Å²) >= 11 is 0. The van der Waals surface area contributed by atoms with Gasteiger partial charge in [0, 0.05) is 19.3 Å². The molecule has 1 spiro atoms. The summed E-state index contributed by atoms with van der Waals surface area (Å²) in [4.78, 5) is 25.6.